The Morgan fingerprint density at radius 1 is 1.23 bits per heavy atom. The fraction of sp³-hybridized carbons (Fsp3) is 0.238. The van der Waals surface area contributed by atoms with Crippen LogP contribution in [0.3, 0.4) is 0 Å². The van der Waals surface area contributed by atoms with Gasteiger partial charge in [0.1, 0.15) is 6.04 Å². The van der Waals surface area contributed by atoms with Gasteiger partial charge in [0.05, 0.1) is 40.6 Å². The van der Waals surface area contributed by atoms with Gasteiger partial charge in [0.25, 0.3) is 5.89 Å². The van der Waals surface area contributed by atoms with Crippen LogP contribution in [-0.4, -0.2) is 56.9 Å². The molecule has 0 saturated heterocycles. The molecule has 6 rings (SSSR count). The lowest BCUT2D eigenvalue weighted by molar-refractivity contribution is -0.137. The normalized spacial score (nSPS) is 16.1. The van der Waals surface area contributed by atoms with Gasteiger partial charge in [0, 0.05) is 38.1 Å². The van der Waals surface area contributed by atoms with E-state index in [2.05, 4.69) is 30.4 Å². The third kappa shape index (κ3) is 3.53. The molecular formula is C21H16F3N9O2. The summed E-state index contributed by atoms with van der Waals surface area (Å²) in [5.74, 6) is -0.627. The highest BCUT2D eigenvalue weighted by atomic mass is 19.4. The Hall–Kier alpha value is -4.49. The maximum absolute atomic E-state index is 13.5. The zero-order valence-electron chi connectivity index (χ0n) is 18.1. The molecule has 1 aliphatic rings. The molecule has 0 fully saturated rings. The van der Waals surface area contributed by atoms with Crippen LogP contribution in [0.5, 0.6) is 0 Å². The molecule has 1 atom stereocenters. The average molecular weight is 483 g/mol. The second-order valence-electron chi connectivity index (χ2n) is 8.09. The van der Waals surface area contributed by atoms with Crippen molar-refractivity contribution in [1.82, 2.24) is 44.5 Å². The number of halogens is 3. The first-order valence-corrected chi connectivity index (χ1v) is 10.5. The van der Waals surface area contributed by atoms with Gasteiger partial charge in [-0.2, -0.15) is 23.4 Å². The third-order valence-electron chi connectivity index (χ3n) is 5.83. The average Bonchev–Trinajstić information content (AvgIpc) is 3.62. The first kappa shape index (κ1) is 21.1. The maximum Gasteiger partial charge on any atom is 0.417 e. The number of nitrogens with zero attached hydrogens (tertiary/aromatic N) is 8. The zero-order chi connectivity index (χ0) is 24.3. The molecule has 6 heterocycles. The first-order chi connectivity index (χ1) is 16.8. The van der Waals surface area contributed by atoms with Crippen molar-refractivity contribution in [3.05, 3.63) is 71.7 Å². The van der Waals surface area contributed by atoms with E-state index in [1.807, 2.05) is 0 Å². The Bertz CT molecular complexity index is 1560. The Morgan fingerprint density at radius 2 is 2.09 bits per heavy atom. The van der Waals surface area contributed by atoms with Crippen LogP contribution >= 0.6 is 0 Å². The minimum absolute atomic E-state index is 0.142. The second kappa shape index (κ2) is 7.51. The molecule has 1 amide bonds. The van der Waals surface area contributed by atoms with E-state index in [9.17, 15) is 18.0 Å². The van der Waals surface area contributed by atoms with Crippen molar-refractivity contribution >= 4 is 11.4 Å². The fourth-order valence-corrected chi connectivity index (χ4v) is 4.18. The molecule has 0 aliphatic carbocycles. The number of aromatic amines is 1. The molecule has 0 aromatic carbocycles. The number of carbonyl (C=O) groups excluding carboxylic acids is 1. The van der Waals surface area contributed by atoms with Crippen molar-refractivity contribution in [1.29, 1.82) is 0 Å². The van der Waals surface area contributed by atoms with Crippen molar-refractivity contribution < 1.29 is 22.4 Å². The molecule has 5 aromatic heterocycles. The number of carbonyl (C=O) groups is 1. The summed E-state index contributed by atoms with van der Waals surface area (Å²) in [6.45, 7) is 0.283. The number of hydrogen-bond acceptors (Lipinski definition) is 7. The quantitative estimate of drug-likeness (QED) is 0.419. The summed E-state index contributed by atoms with van der Waals surface area (Å²) in [5.41, 5.74) is 1.90. The van der Waals surface area contributed by atoms with E-state index in [1.165, 1.54) is 23.5 Å². The lowest BCUT2D eigenvalue weighted by Gasteiger charge is -2.32. The predicted molar refractivity (Wildman–Crippen MR) is 112 cm³/mol. The van der Waals surface area contributed by atoms with E-state index in [1.54, 1.807) is 24.0 Å². The molecule has 0 bridgehead atoms. The highest BCUT2D eigenvalue weighted by molar-refractivity contribution is 5.90. The molecule has 0 unspecified atom stereocenters. The molecule has 35 heavy (non-hydrogen) atoms. The van der Waals surface area contributed by atoms with E-state index < -0.39 is 23.7 Å². The van der Waals surface area contributed by atoms with E-state index in [4.69, 9.17) is 4.42 Å². The lowest BCUT2D eigenvalue weighted by Crippen LogP contribution is -2.41. The Labute approximate surface area is 194 Å². The molecule has 0 saturated carbocycles. The van der Waals surface area contributed by atoms with Crippen LogP contribution in [-0.2, 0) is 19.6 Å². The number of amides is 1. The van der Waals surface area contributed by atoms with Crippen LogP contribution in [0, 0.1) is 0 Å². The molecule has 14 heteroatoms. The van der Waals surface area contributed by atoms with Gasteiger partial charge in [-0.15, -0.1) is 10.2 Å². The van der Waals surface area contributed by atoms with E-state index in [0.29, 0.717) is 28.9 Å². The molecule has 11 nitrogen and oxygen atoms in total. The van der Waals surface area contributed by atoms with Crippen molar-refractivity contribution in [3.8, 4) is 11.5 Å². The number of alkyl halides is 3. The van der Waals surface area contributed by atoms with Crippen molar-refractivity contribution in [2.75, 3.05) is 6.54 Å². The Balaban J connectivity index is 1.39. The van der Waals surface area contributed by atoms with Crippen LogP contribution in [0.25, 0.3) is 17.0 Å². The van der Waals surface area contributed by atoms with Crippen LogP contribution < -0.4 is 0 Å². The first-order valence-electron chi connectivity index (χ1n) is 10.5. The topological polar surface area (TPSA) is 123 Å². The fourth-order valence-electron chi connectivity index (χ4n) is 4.18. The van der Waals surface area contributed by atoms with Crippen LogP contribution in [0.2, 0.25) is 0 Å². The molecular weight excluding hydrogens is 467 g/mol. The van der Waals surface area contributed by atoms with Crippen LogP contribution in [0.4, 0.5) is 13.2 Å². The number of fused-ring (bicyclic) bond motifs is 2. The monoisotopic (exact) mass is 483 g/mol. The van der Waals surface area contributed by atoms with Gasteiger partial charge < -0.3 is 14.3 Å². The molecule has 1 N–H and O–H groups in total. The Morgan fingerprint density at radius 3 is 2.86 bits per heavy atom. The van der Waals surface area contributed by atoms with E-state index >= 15 is 0 Å². The molecule has 5 aromatic rings. The molecule has 0 radical (unpaired) electrons. The van der Waals surface area contributed by atoms with Gasteiger partial charge in [0.15, 0.2) is 0 Å². The number of pyridine rings is 1. The van der Waals surface area contributed by atoms with Crippen molar-refractivity contribution in [3.63, 3.8) is 0 Å². The third-order valence-corrected chi connectivity index (χ3v) is 5.83. The predicted octanol–water partition coefficient (Wildman–Crippen LogP) is 2.65. The standard InChI is InChI=1S/C21H16F3N9O2/c1-31-8-11(7-27-31)18-28-29-19(35-18)20(34)32-5-4-14-16(26-10-25-14)17(32)15-6-13-3-2-12(21(22,23)24)9-33(13)30-15/h2-3,6-10,17H,4-5H2,1H3,(H,25,26)/t17-/m1/s1. The summed E-state index contributed by atoms with van der Waals surface area (Å²) in [5, 5.41) is 16.3. The van der Waals surface area contributed by atoms with Crippen molar-refractivity contribution in [2.45, 2.75) is 18.6 Å². The summed E-state index contributed by atoms with van der Waals surface area (Å²) < 4.78 is 47.9. The summed E-state index contributed by atoms with van der Waals surface area (Å²) in [6.07, 6.45) is 1.62. The van der Waals surface area contributed by atoms with E-state index in [0.717, 1.165) is 22.5 Å². The van der Waals surface area contributed by atoms with Gasteiger partial charge in [-0.25, -0.2) is 9.50 Å². The summed E-state index contributed by atoms with van der Waals surface area (Å²) in [4.78, 5) is 22.4. The smallest absolute Gasteiger partial charge is 0.412 e. The minimum atomic E-state index is -4.51. The van der Waals surface area contributed by atoms with Crippen molar-refractivity contribution in [2.24, 2.45) is 7.05 Å². The minimum Gasteiger partial charge on any atom is -0.412 e. The molecule has 1 aliphatic heterocycles. The molecule has 178 valence electrons. The van der Waals surface area contributed by atoms with Gasteiger partial charge >= 0.3 is 18.0 Å². The number of nitrogens with one attached hydrogen (secondary N) is 1. The van der Waals surface area contributed by atoms with Gasteiger partial charge in [-0.05, 0) is 18.2 Å². The zero-order valence-corrected chi connectivity index (χ0v) is 18.1. The molecule has 0 spiro atoms. The SMILES string of the molecule is Cn1cc(-c2nnc(C(=O)N3CCc4[nH]cnc4[C@H]3c3cc4ccc(C(F)(F)F)cn4n3)o2)cn1. The largest absolute Gasteiger partial charge is 0.417 e. The van der Waals surface area contributed by atoms with E-state index in [-0.39, 0.29) is 18.3 Å². The second-order valence-corrected chi connectivity index (χ2v) is 8.09. The van der Waals surface area contributed by atoms with Crippen LogP contribution in [0.15, 0.2) is 47.5 Å². The Kier molecular flexibility index (Phi) is 4.52. The number of rotatable bonds is 3. The summed E-state index contributed by atoms with van der Waals surface area (Å²) in [7, 11) is 1.73. The number of aromatic nitrogens is 8. The maximum atomic E-state index is 13.5. The van der Waals surface area contributed by atoms with Gasteiger partial charge in [-0.1, -0.05) is 0 Å². The van der Waals surface area contributed by atoms with Gasteiger partial charge in [-0.3, -0.25) is 9.48 Å². The number of aryl methyl sites for hydroxylation is 1. The summed E-state index contributed by atoms with van der Waals surface area (Å²) >= 11 is 0. The lowest BCUT2D eigenvalue weighted by atomic mass is 9.99. The van der Waals surface area contributed by atoms with Gasteiger partial charge in [0.2, 0.25) is 0 Å². The highest BCUT2D eigenvalue weighted by Crippen LogP contribution is 2.35. The highest BCUT2D eigenvalue weighted by Gasteiger charge is 2.38. The van der Waals surface area contributed by atoms with Crippen LogP contribution in [0.1, 0.15) is 39.4 Å². The summed E-state index contributed by atoms with van der Waals surface area (Å²) in [6, 6.07) is 3.19. The number of imidazole rings is 1. The number of H-pyrrole nitrogens is 1. The number of hydrogen-bond donors (Lipinski definition) is 1.